The Morgan fingerprint density at radius 2 is 2.15 bits per heavy atom. The Balaban J connectivity index is 1.95. The van der Waals surface area contributed by atoms with Crippen LogP contribution in [-0.2, 0) is 11.3 Å². The minimum absolute atomic E-state index is 0.0444. The van der Waals surface area contributed by atoms with Gasteiger partial charge in [-0.15, -0.1) is 0 Å². The standard InChI is InChI=1S/C13H13N3O4/c17-11-8-9(13(19)20)2-3-10(11)15-12(18)4-7-16-6-1-5-14-16/h1-3,5-6,8,17H,4,7H2,(H,15,18)(H,19,20). The van der Waals surface area contributed by atoms with E-state index in [-0.39, 0.29) is 29.3 Å². The number of aryl methyl sites for hydroxylation is 1. The molecule has 0 aliphatic carbocycles. The van der Waals surface area contributed by atoms with Crippen molar-refractivity contribution in [3.05, 3.63) is 42.2 Å². The first-order valence-electron chi connectivity index (χ1n) is 5.90. The minimum atomic E-state index is -1.14. The van der Waals surface area contributed by atoms with Crippen LogP contribution in [0.4, 0.5) is 5.69 Å². The van der Waals surface area contributed by atoms with Crippen LogP contribution in [-0.4, -0.2) is 31.9 Å². The predicted molar refractivity (Wildman–Crippen MR) is 70.5 cm³/mol. The maximum atomic E-state index is 11.7. The molecule has 1 amide bonds. The molecule has 0 saturated carbocycles. The summed E-state index contributed by atoms with van der Waals surface area (Å²) < 4.78 is 1.62. The zero-order valence-corrected chi connectivity index (χ0v) is 10.5. The van der Waals surface area contributed by atoms with Gasteiger partial charge in [-0.1, -0.05) is 0 Å². The number of carboxylic acids is 1. The number of benzene rings is 1. The molecule has 3 N–H and O–H groups in total. The summed E-state index contributed by atoms with van der Waals surface area (Å²) >= 11 is 0. The normalized spacial score (nSPS) is 10.2. The van der Waals surface area contributed by atoms with E-state index in [0.29, 0.717) is 6.54 Å². The third-order valence-electron chi connectivity index (χ3n) is 2.65. The van der Waals surface area contributed by atoms with Gasteiger partial charge < -0.3 is 15.5 Å². The molecular weight excluding hydrogens is 262 g/mol. The maximum absolute atomic E-state index is 11.7. The van der Waals surface area contributed by atoms with Crippen LogP contribution in [0.25, 0.3) is 0 Å². The van der Waals surface area contributed by atoms with Gasteiger partial charge in [0.1, 0.15) is 5.75 Å². The van der Waals surface area contributed by atoms with Gasteiger partial charge in [-0.05, 0) is 24.3 Å². The van der Waals surface area contributed by atoms with Crippen molar-refractivity contribution in [3.8, 4) is 5.75 Å². The van der Waals surface area contributed by atoms with Gasteiger partial charge in [0.15, 0.2) is 0 Å². The number of nitrogens with one attached hydrogen (secondary N) is 1. The zero-order valence-electron chi connectivity index (χ0n) is 10.5. The van der Waals surface area contributed by atoms with Gasteiger partial charge in [0.2, 0.25) is 5.91 Å². The summed E-state index contributed by atoms with van der Waals surface area (Å²) in [6.45, 7) is 0.423. The van der Waals surface area contributed by atoms with E-state index in [2.05, 4.69) is 10.4 Å². The summed E-state index contributed by atoms with van der Waals surface area (Å²) in [5, 5.41) is 24.9. The smallest absolute Gasteiger partial charge is 0.335 e. The lowest BCUT2D eigenvalue weighted by molar-refractivity contribution is -0.116. The SMILES string of the molecule is O=C(CCn1cccn1)Nc1ccc(C(=O)O)cc1O. The van der Waals surface area contributed by atoms with Gasteiger partial charge in [0.25, 0.3) is 0 Å². The van der Waals surface area contributed by atoms with Crippen molar-refractivity contribution in [3.63, 3.8) is 0 Å². The lowest BCUT2D eigenvalue weighted by Gasteiger charge is -2.08. The molecule has 0 unspecified atom stereocenters. The number of nitrogens with zero attached hydrogens (tertiary/aromatic N) is 2. The molecule has 1 aromatic heterocycles. The first-order chi connectivity index (χ1) is 9.56. The van der Waals surface area contributed by atoms with E-state index in [0.717, 1.165) is 6.07 Å². The number of aromatic hydroxyl groups is 1. The van der Waals surface area contributed by atoms with Crippen LogP contribution in [0.15, 0.2) is 36.7 Å². The van der Waals surface area contributed by atoms with Gasteiger partial charge in [0.05, 0.1) is 11.3 Å². The third kappa shape index (κ3) is 3.35. The molecule has 0 radical (unpaired) electrons. The van der Waals surface area contributed by atoms with Crippen molar-refractivity contribution < 1.29 is 19.8 Å². The molecule has 1 aromatic carbocycles. The number of aromatic carboxylic acids is 1. The van der Waals surface area contributed by atoms with Crippen LogP contribution in [0, 0.1) is 0 Å². The number of phenolic OH excluding ortho intramolecular Hbond substituents is 1. The second-order valence-electron chi connectivity index (χ2n) is 4.10. The highest BCUT2D eigenvalue weighted by Gasteiger charge is 2.10. The summed E-state index contributed by atoms with van der Waals surface area (Å²) in [6, 6.07) is 5.51. The van der Waals surface area contributed by atoms with E-state index in [1.807, 2.05) is 0 Å². The summed E-state index contributed by atoms with van der Waals surface area (Å²) in [7, 11) is 0. The van der Waals surface area contributed by atoms with Crippen LogP contribution in [0.2, 0.25) is 0 Å². The number of rotatable bonds is 5. The molecule has 104 valence electrons. The highest BCUT2D eigenvalue weighted by molar-refractivity contribution is 5.94. The van der Waals surface area contributed by atoms with Crippen LogP contribution >= 0.6 is 0 Å². The first kappa shape index (κ1) is 13.6. The second-order valence-corrected chi connectivity index (χ2v) is 4.10. The van der Waals surface area contributed by atoms with Gasteiger partial charge >= 0.3 is 5.97 Å². The molecule has 7 nitrogen and oxygen atoms in total. The molecule has 0 spiro atoms. The van der Waals surface area contributed by atoms with Crippen molar-refractivity contribution in [1.82, 2.24) is 9.78 Å². The molecule has 0 bridgehead atoms. The average Bonchev–Trinajstić information content (AvgIpc) is 2.91. The Hall–Kier alpha value is -2.83. The van der Waals surface area contributed by atoms with E-state index >= 15 is 0 Å². The van der Waals surface area contributed by atoms with E-state index in [1.165, 1.54) is 12.1 Å². The Labute approximate surface area is 114 Å². The van der Waals surface area contributed by atoms with Crippen LogP contribution in [0.5, 0.6) is 5.75 Å². The lowest BCUT2D eigenvalue weighted by Crippen LogP contribution is -2.15. The van der Waals surface area contributed by atoms with Crippen LogP contribution in [0.3, 0.4) is 0 Å². The van der Waals surface area contributed by atoms with Gasteiger partial charge in [0, 0.05) is 25.4 Å². The van der Waals surface area contributed by atoms with E-state index < -0.39 is 5.97 Å². The molecular formula is C13H13N3O4. The summed E-state index contributed by atoms with van der Waals surface area (Å²) in [4.78, 5) is 22.4. The maximum Gasteiger partial charge on any atom is 0.335 e. The van der Waals surface area contributed by atoms with Gasteiger partial charge in [-0.25, -0.2) is 4.79 Å². The number of aromatic nitrogens is 2. The van der Waals surface area contributed by atoms with Crippen LogP contribution in [0.1, 0.15) is 16.8 Å². The Morgan fingerprint density at radius 3 is 2.75 bits per heavy atom. The summed E-state index contributed by atoms with van der Waals surface area (Å²) in [5.41, 5.74) is 0.137. The summed E-state index contributed by atoms with van der Waals surface area (Å²) in [5.74, 6) is -1.71. The largest absolute Gasteiger partial charge is 0.506 e. The third-order valence-corrected chi connectivity index (χ3v) is 2.65. The molecule has 7 heteroatoms. The molecule has 0 atom stereocenters. The second kappa shape index (κ2) is 5.87. The van der Waals surface area contributed by atoms with Gasteiger partial charge in [-0.2, -0.15) is 5.10 Å². The topological polar surface area (TPSA) is 104 Å². The molecule has 2 rings (SSSR count). The molecule has 1 heterocycles. The highest BCUT2D eigenvalue weighted by Crippen LogP contribution is 2.24. The number of carbonyl (C=O) groups is 2. The zero-order chi connectivity index (χ0) is 14.5. The quantitative estimate of drug-likeness (QED) is 0.714. The molecule has 0 aliphatic rings. The monoisotopic (exact) mass is 275 g/mol. The van der Waals surface area contributed by atoms with Crippen molar-refractivity contribution in [2.24, 2.45) is 0 Å². The Bertz CT molecular complexity index is 623. The van der Waals surface area contributed by atoms with Crippen molar-refractivity contribution in [2.45, 2.75) is 13.0 Å². The van der Waals surface area contributed by atoms with Crippen molar-refractivity contribution in [2.75, 3.05) is 5.32 Å². The number of carbonyl (C=O) groups excluding carboxylic acids is 1. The number of carboxylic acid groups (broad SMARTS) is 1. The number of hydrogen-bond acceptors (Lipinski definition) is 4. The molecule has 0 fully saturated rings. The van der Waals surface area contributed by atoms with Crippen molar-refractivity contribution in [1.29, 1.82) is 0 Å². The number of hydrogen-bond donors (Lipinski definition) is 3. The summed E-state index contributed by atoms with van der Waals surface area (Å²) in [6.07, 6.45) is 3.56. The molecule has 0 saturated heterocycles. The number of phenols is 1. The minimum Gasteiger partial charge on any atom is -0.506 e. The number of anilines is 1. The van der Waals surface area contributed by atoms with Gasteiger partial charge in [-0.3, -0.25) is 9.48 Å². The molecule has 2 aromatic rings. The Kier molecular flexibility index (Phi) is 3.99. The van der Waals surface area contributed by atoms with E-state index in [4.69, 9.17) is 5.11 Å². The fourth-order valence-corrected chi connectivity index (χ4v) is 1.63. The fourth-order valence-electron chi connectivity index (χ4n) is 1.63. The fraction of sp³-hybridized carbons (Fsp3) is 0.154. The van der Waals surface area contributed by atoms with E-state index in [1.54, 1.807) is 23.1 Å². The average molecular weight is 275 g/mol. The Morgan fingerprint density at radius 1 is 1.35 bits per heavy atom. The van der Waals surface area contributed by atoms with Crippen molar-refractivity contribution >= 4 is 17.6 Å². The highest BCUT2D eigenvalue weighted by atomic mass is 16.4. The van der Waals surface area contributed by atoms with Crippen LogP contribution < -0.4 is 5.32 Å². The van der Waals surface area contributed by atoms with E-state index in [9.17, 15) is 14.7 Å². The lowest BCUT2D eigenvalue weighted by atomic mass is 10.2. The predicted octanol–water partition coefficient (Wildman–Crippen LogP) is 1.32. The first-order valence-corrected chi connectivity index (χ1v) is 5.90. The number of amides is 1. The molecule has 20 heavy (non-hydrogen) atoms. The molecule has 0 aliphatic heterocycles.